The molecule has 1 atom stereocenters. The number of hydrogen-bond acceptors (Lipinski definition) is 5. The largest absolute Gasteiger partial charge is 0.361 e. The van der Waals surface area contributed by atoms with Crippen LogP contribution in [0.25, 0.3) is 0 Å². The molecule has 0 saturated carbocycles. The van der Waals surface area contributed by atoms with E-state index in [1.165, 1.54) is 6.07 Å². The van der Waals surface area contributed by atoms with E-state index in [2.05, 4.69) is 10.3 Å². The predicted octanol–water partition coefficient (Wildman–Crippen LogP) is 1.60. The molecule has 0 saturated heterocycles. The second-order valence-electron chi connectivity index (χ2n) is 4.47. The highest BCUT2D eigenvalue weighted by Crippen LogP contribution is 2.23. The number of nitrogens with zero attached hydrogens (tertiary/aromatic N) is 1. The lowest BCUT2D eigenvalue weighted by atomic mass is 10.1. The van der Waals surface area contributed by atoms with Gasteiger partial charge in [-0.3, -0.25) is 0 Å². The third kappa shape index (κ3) is 3.34. The Morgan fingerprint density at radius 2 is 1.90 bits per heavy atom. The molecule has 0 aliphatic carbocycles. The molecule has 2 rings (SSSR count). The fourth-order valence-corrected chi connectivity index (χ4v) is 2.72. The van der Waals surface area contributed by atoms with Crippen molar-refractivity contribution in [2.24, 2.45) is 5.73 Å². The van der Waals surface area contributed by atoms with Crippen molar-refractivity contribution >= 4 is 15.7 Å². The summed E-state index contributed by atoms with van der Waals surface area (Å²) in [5.41, 5.74) is 6.76. The Labute approximate surface area is 118 Å². The molecule has 0 bridgehead atoms. The van der Waals surface area contributed by atoms with E-state index >= 15 is 0 Å². The zero-order valence-electron chi connectivity index (χ0n) is 11.2. The lowest BCUT2D eigenvalue weighted by Crippen LogP contribution is -2.22. The van der Waals surface area contributed by atoms with Crippen LogP contribution in [-0.4, -0.2) is 26.2 Å². The van der Waals surface area contributed by atoms with Crippen molar-refractivity contribution in [1.82, 2.24) is 4.98 Å². The van der Waals surface area contributed by atoms with Gasteiger partial charge in [-0.1, -0.05) is 30.3 Å². The second-order valence-corrected chi connectivity index (χ2v) is 6.45. The number of sulfone groups is 1. The van der Waals surface area contributed by atoms with Crippen LogP contribution < -0.4 is 11.1 Å². The van der Waals surface area contributed by atoms with Crippen molar-refractivity contribution in [3.63, 3.8) is 0 Å². The molecule has 1 unspecified atom stereocenters. The number of nitrogens with one attached hydrogen (secondary N) is 1. The molecule has 5 nitrogen and oxygen atoms in total. The standard InChI is InChI=1S/C14H17N3O2S/c1-20(18,19)13-8-5-9-16-14(13)17-12(10-15)11-6-3-2-4-7-11/h2-9,12H,10,15H2,1H3,(H,16,17). The van der Waals surface area contributed by atoms with Gasteiger partial charge < -0.3 is 11.1 Å². The van der Waals surface area contributed by atoms with Gasteiger partial charge in [-0.25, -0.2) is 13.4 Å². The first kappa shape index (κ1) is 14.5. The van der Waals surface area contributed by atoms with Gasteiger partial charge in [-0.05, 0) is 17.7 Å². The van der Waals surface area contributed by atoms with Crippen molar-refractivity contribution < 1.29 is 8.42 Å². The molecule has 6 heteroatoms. The molecule has 0 aliphatic heterocycles. The zero-order valence-corrected chi connectivity index (χ0v) is 12.0. The van der Waals surface area contributed by atoms with Gasteiger partial charge in [0.1, 0.15) is 10.7 Å². The molecule has 106 valence electrons. The van der Waals surface area contributed by atoms with Crippen LogP contribution in [0.15, 0.2) is 53.6 Å². The smallest absolute Gasteiger partial charge is 0.179 e. The predicted molar refractivity (Wildman–Crippen MR) is 79.2 cm³/mol. The summed E-state index contributed by atoms with van der Waals surface area (Å²) < 4.78 is 23.5. The third-order valence-electron chi connectivity index (χ3n) is 2.92. The number of benzene rings is 1. The van der Waals surface area contributed by atoms with E-state index in [4.69, 9.17) is 5.73 Å². The Bertz CT molecular complexity index is 672. The van der Waals surface area contributed by atoms with E-state index in [1.807, 2.05) is 30.3 Å². The molecule has 0 radical (unpaired) electrons. The van der Waals surface area contributed by atoms with Crippen LogP contribution in [0, 0.1) is 0 Å². The van der Waals surface area contributed by atoms with E-state index in [1.54, 1.807) is 12.3 Å². The van der Waals surface area contributed by atoms with Gasteiger partial charge in [-0.2, -0.15) is 0 Å². The van der Waals surface area contributed by atoms with Gasteiger partial charge in [0, 0.05) is 19.0 Å². The van der Waals surface area contributed by atoms with Gasteiger partial charge >= 0.3 is 0 Å². The minimum absolute atomic E-state index is 0.175. The SMILES string of the molecule is CS(=O)(=O)c1cccnc1NC(CN)c1ccccc1. The molecule has 20 heavy (non-hydrogen) atoms. The average molecular weight is 291 g/mol. The summed E-state index contributed by atoms with van der Waals surface area (Å²) >= 11 is 0. The van der Waals surface area contributed by atoms with Crippen LogP contribution in [0.3, 0.4) is 0 Å². The summed E-state index contributed by atoms with van der Waals surface area (Å²) in [6.45, 7) is 0.337. The molecule has 0 fully saturated rings. The Morgan fingerprint density at radius 1 is 1.20 bits per heavy atom. The quantitative estimate of drug-likeness (QED) is 0.874. The number of anilines is 1. The number of pyridine rings is 1. The van der Waals surface area contributed by atoms with Gasteiger partial charge in [-0.15, -0.1) is 0 Å². The Balaban J connectivity index is 2.34. The Hall–Kier alpha value is -1.92. The van der Waals surface area contributed by atoms with Crippen LogP contribution in [0.4, 0.5) is 5.82 Å². The molecule has 1 aromatic heterocycles. The fourth-order valence-electron chi connectivity index (χ4n) is 1.93. The normalized spacial score (nSPS) is 12.9. The summed E-state index contributed by atoms with van der Waals surface area (Å²) in [4.78, 5) is 4.29. The number of nitrogens with two attached hydrogens (primary N) is 1. The molecule has 2 aromatic rings. The van der Waals surface area contributed by atoms with E-state index < -0.39 is 9.84 Å². The van der Waals surface area contributed by atoms with Crippen LogP contribution >= 0.6 is 0 Å². The zero-order chi connectivity index (χ0) is 14.6. The lowest BCUT2D eigenvalue weighted by molar-refractivity contribution is 0.601. The van der Waals surface area contributed by atoms with Gasteiger partial charge in [0.05, 0.1) is 6.04 Å². The number of aromatic nitrogens is 1. The first-order valence-corrected chi connectivity index (χ1v) is 8.08. The molecule has 1 aromatic carbocycles. The van der Waals surface area contributed by atoms with Crippen LogP contribution in [0.1, 0.15) is 11.6 Å². The molecule has 0 aliphatic rings. The van der Waals surface area contributed by atoms with E-state index in [9.17, 15) is 8.42 Å². The highest BCUT2D eigenvalue weighted by molar-refractivity contribution is 7.90. The number of rotatable bonds is 5. The van der Waals surface area contributed by atoms with Crippen molar-refractivity contribution in [3.05, 3.63) is 54.2 Å². The number of hydrogen-bond donors (Lipinski definition) is 2. The summed E-state index contributed by atoms with van der Waals surface area (Å²) in [6.07, 6.45) is 2.71. The first-order valence-electron chi connectivity index (χ1n) is 6.19. The maximum Gasteiger partial charge on any atom is 0.179 e. The van der Waals surface area contributed by atoms with Gasteiger partial charge in [0.25, 0.3) is 0 Å². The van der Waals surface area contributed by atoms with Crippen LogP contribution in [-0.2, 0) is 9.84 Å². The Kier molecular flexibility index (Phi) is 4.36. The minimum atomic E-state index is -3.34. The monoisotopic (exact) mass is 291 g/mol. The topological polar surface area (TPSA) is 85.1 Å². The third-order valence-corrected chi connectivity index (χ3v) is 4.05. The fraction of sp³-hybridized carbons (Fsp3) is 0.214. The maximum absolute atomic E-state index is 11.7. The summed E-state index contributed by atoms with van der Waals surface area (Å²) in [5.74, 6) is 0.328. The van der Waals surface area contributed by atoms with Crippen LogP contribution in [0.5, 0.6) is 0 Å². The molecule has 3 N–H and O–H groups in total. The Morgan fingerprint density at radius 3 is 2.50 bits per heavy atom. The molecule has 0 amide bonds. The van der Waals surface area contributed by atoms with E-state index in [0.717, 1.165) is 11.8 Å². The van der Waals surface area contributed by atoms with Gasteiger partial charge in [0.15, 0.2) is 9.84 Å². The molecule has 1 heterocycles. The van der Waals surface area contributed by atoms with Crippen molar-refractivity contribution in [3.8, 4) is 0 Å². The highest BCUT2D eigenvalue weighted by Gasteiger charge is 2.17. The van der Waals surface area contributed by atoms with Crippen LogP contribution in [0.2, 0.25) is 0 Å². The summed E-state index contributed by atoms with van der Waals surface area (Å²) in [6, 6.07) is 12.6. The van der Waals surface area contributed by atoms with Gasteiger partial charge in [0.2, 0.25) is 0 Å². The van der Waals surface area contributed by atoms with E-state index in [-0.39, 0.29) is 10.9 Å². The first-order chi connectivity index (χ1) is 9.52. The minimum Gasteiger partial charge on any atom is -0.361 e. The van der Waals surface area contributed by atoms with Crippen molar-refractivity contribution in [2.45, 2.75) is 10.9 Å². The van der Waals surface area contributed by atoms with Crippen molar-refractivity contribution in [1.29, 1.82) is 0 Å². The highest BCUT2D eigenvalue weighted by atomic mass is 32.2. The molecular formula is C14H17N3O2S. The van der Waals surface area contributed by atoms with Crippen molar-refractivity contribution in [2.75, 3.05) is 18.1 Å². The van der Waals surface area contributed by atoms with E-state index in [0.29, 0.717) is 12.4 Å². The molecular weight excluding hydrogens is 274 g/mol. The summed E-state index contributed by atoms with van der Waals surface area (Å²) in [7, 11) is -3.34. The summed E-state index contributed by atoms with van der Waals surface area (Å²) in [5, 5.41) is 3.10. The molecule has 0 spiro atoms. The lowest BCUT2D eigenvalue weighted by Gasteiger charge is -2.19. The average Bonchev–Trinajstić information content (AvgIpc) is 2.45. The maximum atomic E-state index is 11.7. The second kappa shape index (κ2) is 6.02.